The van der Waals surface area contributed by atoms with Crippen LogP contribution in [0.3, 0.4) is 0 Å². The number of rotatable bonds is 40. The molecule has 5 rings (SSSR count). The fourth-order valence-electron chi connectivity index (χ4n) is 6.30. The fraction of sp³-hybridized carbons (Fsp3) is 0.583. The first-order valence-corrected chi connectivity index (χ1v) is 22.9. The van der Waals surface area contributed by atoms with Gasteiger partial charge in [-0.15, -0.1) is 0 Å². The van der Waals surface area contributed by atoms with E-state index in [0.717, 1.165) is 11.0 Å². The van der Waals surface area contributed by atoms with Crippen LogP contribution in [0.4, 0.5) is 0 Å². The summed E-state index contributed by atoms with van der Waals surface area (Å²) in [5.74, 6) is 2.30. The minimum absolute atomic E-state index is 0.276. The maximum atomic E-state index is 6.32. The predicted octanol–water partition coefficient (Wildman–Crippen LogP) is 4.82. The first kappa shape index (κ1) is 54.3. The second-order valence-corrected chi connectivity index (χ2v) is 14.7. The number of nitrogens with zero attached hydrogens (tertiary/aromatic N) is 2. The van der Waals surface area contributed by atoms with Gasteiger partial charge in [-0.1, -0.05) is 0 Å². The number of nitrogens with one attached hydrogen (secondary N) is 2. The molecule has 378 valence electrons. The molecule has 20 nitrogen and oxygen atoms in total. The lowest BCUT2D eigenvalue weighted by molar-refractivity contribution is 0.0159. The summed E-state index contributed by atoms with van der Waals surface area (Å²) in [4.78, 5) is 17.0. The molecule has 0 aliphatic carbocycles. The summed E-state index contributed by atoms with van der Waals surface area (Å²) in [6.07, 6.45) is 3.74. The Kier molecular flexibility index (Phi) is 26.9. The zero-order chi connectivity index (χ0) is 47.7. The number of methoxy groups -OCH3 is 4. The quantitative estimate of drug-likeness (QED) is 0.0734. The van der Waals surface area contributed by atoms with Gasteiger partial charge in [0, 0.05) is 63.8 Å². The van der Waals surface area contributed by atoms with E-state index < -0.39 is 0 Å². The van der Waals surface area contributed by atoms with Crippen molar-refractivity contribution in [2.24, 2.45) is 0 Å². The number of ether oxygens (including phenoxy) is 16. The van der Waals surface area contributed by atoms with E-state index in [9.17, 15) is 0 Å². The fourth-order valence-corrected chi connectivity index (χ4v) is 6.30. The Morgan fingerprint density at radius 2 is 0.632 bits per heavy atom. The highest BCUT2D eigenvalue weighted by molar-refractivity contribution is 5.85. The molecule has 0 fully saturated rings. The molecule has 3 aromatic rings. The van der Waals surface area contributed by atoms with Crippen molar-refractivity contribution in [1.29, 1.82) is 0 Å². The highest BCUT2D eigenvalue weighted by atomic mass is 16.6. The molecule has 8 bridgehead atoms. The number of hydrogen-bond acceptors (Lipinski definition) is 18. The molecular formula is C48H70N4O16. The van der Waals surface area contributed by atoms with Gasteiger partial charge in [0.05, 0.1) is 155 Å². The molecule has 0 spiro atoms. The molecule has 0 aromatic carbocycles. The smallest absolute Gasteiger partial charge is 0.147 e. The normalized spacial score (nSPS) is 12.4. The van der Waals surface area contributed by atoms with Crippen molar-refractivity contribution in [1.82, 2.24) is 19.9 Å². The van der Waals surface area contributed by atoms with Crippen LogP contribution in [0.5, 0.6) is 11.5 Å². The van der Waals surface area contributed by atoms with Crippen LogP contribution in [0.2, 0.25) is 0 Å². The summed E-state index contributed by atoms with van der Waals surface area (Å²) in [5.41, 5.74) is 5.26. The predicted molar refractivity (Wildman–Crippen MR) is 254 cm³/mol. The number of aromatic amines is 2. The lowest BCUT2D eigenvalue weighted by Gasteiger charge is -2.08. The molecule has 3 aromatic heterocycles. The van der Waals surface area contributed by atoms with Crippen LogP contribution in [0, 0.1) is 0 Å². The maximum absolute atomic E-state index is 6.32. The summed E-state index contributed by atoms with van der Waals surface area (Å²) in [7, 11) is 6.55. The van der Waals surface area contributed by atoms with E-state index in [2.05, 4.69) is 9.97 Å². The Hall–Kier alpha value is -4.68. The Morgan fingerprint density at radius 1 is 0.324 bits per heavy atom. The molecule has 2 N–H and O–H groups in total. The molecule has 20 heteroatoms. The summed E-state index contributed by atoms with van der Waals surface area (Å²) in [6, 6.07) is 11.5. The van der Waals surface area contributed by atoms with Crippen molar-refractivity contribution in [2.45, 2.75) is 0 Å². The van der Waals surface area contributed by atoms with Crippen molar-refractivity contribution in [3.63, 3.8) is 0 Å². The third kappa shape index (κ3) is 20.9. The SMILES string of the molecule is COCCOCCOCCOC1=Cc2cc3[nH]c(cc3OCCOCCOCCOC)cc3cc(OCCOCCOCCOC)c(cc4nc(cc1n2)C=C4OCCOCCOCCOC)[nH]3. The van der Waals surface area contributed by atoms with E-state index in [4.69, 9.17) is 85.8 Å². The molecule has 0 radical (unpaired) electrons. The molecule has 2 aliphatic heterocycles. The number of hydrogen-bond donors (Lipinski definition) is 2. The van der Waals surface area contributed by atoms with Gasteiger partial charge < -0.3 is 85.8 Å². The van der Waals surface area contributed by atoms with Crippen molar-refractivity contribution < 1.29 is 75.8 Å². The van der Waals surface area contributed by atoms with E-state index in [0.29, 0.717) is 202 Å². The van der Waals surface area contributed by atoms with E-state index in [1.54, 1.807) is 28.4 Å². The third-order valence-corrected chi connectivity index (χ3v) is 9.55. The Morgan fingerprint density at radius 3 is 1.01 bits per heavy atom. The summed E-state index contributed by atoms with van der Waals surface area (Å²) in [6.45, 7) is 10.2. The Labute approximate surface area is 398 Å². The average Bonchev–Trinajstić information content (AvgIpc) is 4.12. The largest absolute Gasteiger partial charge is 0.489 e. The van der Waals surface area contributed by atoms with Gasteiger partial charge in [0.25, 0.3) is 0 Å². The first-order valence-electron chi connectivity index (χ1n) is 22.9. The van der Waals surface area contributed by atoms with Crippen LogP contribution < -0.4 is 9.47 Å². The van der Waals surface area contributed by atoms with Crippen molar-refractivity contribution >= 4 is 45.7 Å². The minimum Gasteiger partial charge on any atom is -0.489 e. The van der Waals surface area contributed by atoms with Gasteiger partial charge in [0.2, 0.25) is 0 Å². The van der Waals surface area contributed by atoms with Crippen LogP contribution >= 0.6 is 0 Å². The van der Waals surface area contributed by atoms with Gasteiger partial charge in [-0.05, 0) is 24.3 Å². The van der Waals surface area contributed by atoms with Crippen molar-refractivity contribution in [3.05, 3.63) is 59.2 Å². The zero-order valence-corrected chi connectivity index (χ0v) is 40.0. The number of H-pyrrole nitrogens is 2. The average molecular weight is 959 g/mol. The van der Waals surface area contributed by atoms with Crippen molar-refractivity contribution in [2.75, 3.05) is 187 Å². The zero-order valence-electron chi connectivity index (χ0n) is 40.0. The monoisotopic (exact) mass is 958 g/mol. The van der Waals surface area contributed by atoms with Crippen LogP contribution in [-0.4, -0.2) is 207 Å². The van der Waals surface area contributed by atoms with E-state index in [1.807, 2.05) is 48.6 Å². The lowest BCUT2D eigenvalue weighted by atomic mass is 10.3. The lowest BCUT2D eigenvalue weighted by Crippen LogP contribution is -2.12. The number of aromatic nitrogens is 4. The highest BCUT2D eigenvalue weighted by Gasteiger charge is 2.18. The standard InChI is InChI=1S/C48H70N4O16/c1-53-5-9-57-13-17-61-21-25-65-45-32-37-29-38-33-47(67-27-23-63-19-15-59-11-7-55-3)43(50-38)36-44-48(68-28-24-64-20-16-60-12-8-56-4)35-40(52-44)31-42-46(34-39(51-42)30-41(45)49-37)66-26-22-62-18-14-58-10-6-54-2/h29-36,49-50H,5-28H2,1-4H3. The molecular weight excluding hydrogens is 889 g/mol. The van der Waals surface area contributed by atoms with Crippen LogP contribution in [-0.2, 0) is 66.3 Å². The van der Waals surface area contributed by atoms with Gasteiger partial charge in [0.15, 0.2) is 0 Å². The third-order valence-electron chi connectivity index (χ3n) is 9.55. The molecule has 0 saturated carbocycles. The van der Waals surface area contributed by atoms with E-state index in [1.165, 1.54) is 0 Å². The topological polar surface area (TPSA) is 205 Å². The van der Waals surface area contributed by atoms with Crippen LogP contribution in [0.15, 0.2) is 36.4 Å². The van der Waals surface area contributed by atoms with Gasteiger partial charge in [0.1, 0.15) is 60.8 Å². The molecule has 0 unspecified atom stereocenters. The highest BCUT2D eigenvalue weighted by Crippen LogP contribution is 2.31. The van der Waals surface area contributed by atoms with Gasteiger partial charge in [-0.3, -0.25) is 0 Å². The summed E-state index contributed by atoms with van der Waals surface area (Å²) < 4.78 is 90.4. The molecule has 68 heavy (non-hydrogen) atoms. The minimum atomic E-state index is 0.276. The second-order valence-electron chi connectivity index (χ2n) is 14.7. The van der Waals surface area contributed by atoms with Gasteiger partial charge in [-0.25, -0.2) is 9.97 Å². The molecule has 0 amide bonds. The molecule has 0 atom stereocenters. The first-order chi connectivity index (χ1) is 33.6. The molecule has 0 saturated heterocycles. The van der Waals surface area contributed by atoms with E-state index in [-0.39, 0.29) is 13.2 Å². The van der Waals surface area contributed by atoms with Crippen LogP contribution in [0.1, 0.15) is 22.8 Å². The van der Waals surface area contributed by atoms with Gasteiger partial charge >= 0.3 is 0 Å². The second kappa shape index (κ2) is 33.8. The summed E-state index contributed by atoms with van der Waals surface area (Å²) >= 11 is 0. The van der Waals surface area contributed by atoms with Crippen molar-refractivity contribution in [3.8, 4) is 11.5 Å². The maximum Gasteiger partial charge on any atom is 0.147 e. The molecule has 5 heterocycles. The van der Waals surface area contributed by atoms with Gasteiger partial charge in [-0.2, -0.15) is 0 Å². The molecule has 2 aliphatic rings. The Bertz CT molecular complexity index is 2080. The van der Waals surface area contributed by atoms with E-state index >= 15 is 0 Å². The Balaban J connectivity index is 1.43. The number of fused-ring (bicyclic) bond motifs is 8. The van der Waals surface area contributed by atoms with Crippen LogP contribution in [0.25, 0.3) is 45.7 Å². The summed E-state index contributed by atoms with van der Waals surface area (Å²) in [5, 5.41) is 0.